The van der Waals surface area contributed by atoms with Crippen LogP contribution in [0.15, 0.2) is 64.0 Å². The van der Waals surface area contributed by atoms with Crippen molar-refractivity contribution >= 4 is 26.0 Å². The monoisotopic (exact) mass is 369 g/mol. The molecule has 112 valence electrons. The third kappa shape index (κ3) is 4.38. The molecule has 0 aliphatic rings. The van der Waals surface area contributed by atoms with Crippen LogP contribution >= 0.6 is 15.9 Å². The summed E-state index contributed by atoms with van der Waals surface area (Å²) >= 11 is 3.23. The zero-order chi connectivity index (χ0) is 15.3. The Hall–Kier alpha value is -1.21. The van der Waals surface area contributed by atoms with Crippen molar-refractivity contribution in [3.05, 3.63) is 64.6 Å². The number of nitrogens with one attached hydrogen (secondary N) is 1. The lowest BCUT2D eigenvalue weighted by atomic mass is 10.1. The van der Waals surface area contributed by atoms with Crippen LogP contribution in [0.2, 0.25) is 0 Å². The second-order valence-corrected chi connectivity index (χ2v) is 7.16. The van der Waals surface area contributed by atoms with Crippen LogP contribution in [0, 0.1) is 0 Å². The molecule has 21 heavy (non-hydrogen) atoms. The predicted molar refractivity (Wildman–Crippen MR) is 85.5 cm³/mol. The number of aliphatic hydroxyl groups excluding tert-OH is 1. The lowest BCUT2D eigenvalue weighted by molar-refractivity contribution is 0.256. The summed E-state index contributed by atoms with van der Waals surface area (Å²) < 4.78 is 27.8. The number of hydrogen-bond acceptors (Lipinski definition) is 3. The molecule has 0 aliphatic carbocycles. The quantitative estimate of drug-likeness (QED) is 0.820. The van der Waals surface area contributed by atoms with Crippen molar-refractivity contribution in [2.75, 3.05) is 6.61 Å². The van der Waals surface area contributed by atoms with E-state index in [9.17, 15) is 13.5 Å². The molecular weight excluding hydrogens is 354 g/mol. The zero-order valence-electron chi connectivity index (χ0n) is 11.2. The van der Waals surface area contributed by atoms with E-state index < -0.39 is 16.1 Å². The summed E-state index contributed by atoms with van der Waals surface area (Å²) in [5.74, 6) is 0. The zero-order valence-corrected chi connectivity index (χ0v) is 13.6. The molecule has 2 aromatic rings. The second-order valence-electron chi connectivity index (χ2n) is 4.62. The van der Waals surface area contributed by atoms with E-state index in [2.05, 4.69) is 20.7 Å². The van der Waals surface area contributed by atoms with Crippen molar-refractivity contribution in [2.24, 2.45) is 0 Å². The van der Waals surface area contributed by atoms with Crippen LogP contribution in [0.5, 0.6) is 0 Å². The van der Waals surface area contributed by atoms with Crippen LogP contribution in [0.1, 0.15) is 5.56 Å². The molecule has 2 aromatic carbocycles. The van der Waals surface area contributed by atoms with Crippen molar-refractivity contribution < 1.29 is 13.5 Å². The number of aliphatic hydroxyl groups is 1. The van der Waals surface area contributed by atoms with E-state index in [0.717, 1.165) is 5.56 Å². The third-order valence-electron chi connectivity index (χ3n) is 2.99. The van der Waals surface area contributed by atoms with Gasteiger partial charge >= 0.3 is 0 Å². The fraction of sp³-hybridized carbons (Fsp3) is 0.200. The fourth-order valence-corrected chi connectivity index (χ4v) is 4.22. The van der Waals surface area contributed by atoms with E-state index in [-0.39, 0.29) is 11.5 Å². The second kappa shape index (κ2) is 7.17. The fourth-order valence-electron chi connectivity index (χ4n) is 1.99. The van der Waals surface area contributed by atoms with Gasteiger partial charge in [-0.3, -0.25) is 0 Å². The van der Waals surface area contributed by atoms with E-state index in [0.29, 0.717) is 10.9 Å². The number of halogens is 1. The molecule has 0 saturated heterocycles. The molecule has 0 saturated carbocycles. The van der Waals surface area contributed by atoms with Crippen molar-refractivity contribution in [3.8, 4) is 0 Å². The molecular formula is C15H16BrNO3S. The van der Waals surface area contributed by atoms with Gasteiger partial charge in [0.05, 0.1) is 11.5 Å². The summed E-state index contributed by atoms with van der Waals surface area (Å²) in [5.41, 5.74) is 0.964. The lowest BCUT2D eigenvalue weighted by Crippen LogP contribution is -2.39. The molecule has 6 heteroatoms. The Bertz CT molecular complexity index is 689. The largest absolute Gasteiger partial charge is 0.395 e. The maximum absolute atomic E-state index is 12.4. The van der Waals surface area contributed by atoms with Crippen molar-refractivity contribution in [2.45, 2.75) is 17.4 Å². The topological polar surface area (TPSA) is 66.4 Å². The minimum atomic E-state index is -3.68. The molecule has 4 nitrogen and oxygen atoms in total. The van der Waals surface area contributed by atoms with Gasteiger partial charge in [-0.05, 0) is 40.0 Å². The third-order valence-corrected chi connectivity index (χ3v) is 5.53. The maximum atomic E-state index is 12.4. The summed E-state index contributed by atoms with van der Waals surface area (Å²) in [5, 5.41) is 9.43. The highest BCUT2D eigenvalue weighted by Crippen LogP contribution is 2.21. The molecule has 0 aromatic heterocycles. The van der Waals surface area contributed by atoms with Crippen LogP contribution in [0.25, 0.3) is 0 Å². The highest BCUT2D eigenvalue weighted by Gasteiger charge is 2.21. The van der Waals surface area contributed by atoms with Gasteiger partial charge in [-0.25, -0.2) is 13.1 Å². The maximum Gasteiger partial charge on any atom is 0.242 e. The molecule has 0 heterocycles. The number of hydrogen-bond donors (Lipinski definition) is 2. The molecule has 1 unspecified atom stereocenters. The minimum Gasteiger partial charge on any atom is -0.395 e. The number of rotatable bonds is 6. The first-order valence-electron chi connectivity index (χ1n) is 6.44. The molecule has 0 spiro atoms. The smallest absolute Gasteiger partial charge is 0.242 e. The summed E-state index contributed by atoms with van der Waals surface area (Å²) in [7, 11) is -3.68. The van der Waals surface area contributed by atoms with E-state index >= 15 is 0 Å². The summed E-state index contributed by atoms with van der Waals surface area (Å²) in [4.78, 5) is 0.163. The van der Waals surface area contributed by atoms with Gasteiger partial charge in [0.2, 0.25) is 10.0 Å². The number of sulfonamides is 1. The standard InChI is InChI=1S/C15H16BrNO3S/c16-14-8-4-5-9-15(14)21(19,20)17-13(11-18)10-12-6-2-1-3-7-12/h1-9,13,17-18H,10-11H2. The van der Waals surface area contributed by atoms with Crippen LogP contribution in [-0.2, 0) is 16.4 Å². The van der Waals surface area contributed by atoms with Crippen molar-refractivity contribution in [3.63, 3.8) is 0 Å². The van der Waals surface area contributed by atoms with Crippen LogP contribution in [0.4, 0.5) is 0 Å². The van der Waals surface area contributed by atoms with Gasteiger partial charge in [-0.2, -0.15) is 0 Å². The van der Waals surface area contributed by atoms with Gasteiger partial charge in [-0.15, -0.1) is 0 Å². The average Bonchev–Trinajstić information content (AvgIpc) is 2.47. The number of benzene rings is 2. The molecule has 0 fully saturated rings. The van der Waals surface area contributed by atoms with Gasteiger partial charge in [-0.1, -0.05) is 42.5 Å². The van der Waals surface area contributed by atoms with E-state index in [4.69, 9.17) is 0 Å². The van der Waals surface area contributed by atoms with Crippen LogP contribution < -0.4 is 4.72 Å². The molecule has 0 aliphatic heterocycles. The van der Waals surface area contributed by atoms with Gasteiger partial charge < -0.3 is 5.11 Å². The normalized spacial score (nSPS) is 13.0. The minimum absolute atomic E-state index is 0.163. The van der Waals surface area contributed by atoms with E-state index in [1.54, 1.807) is 18.2 Å². The Kier molecular flexibility index (Phi) is 5.52. The van der Waals surface area contributed by atoms with Gasteiger partial charge in [0, 0.05) is 10.5 Å². The first-order chi connectivity index (χ1) is 10.0. The average molecular weight is 370 g/mol. The highest BCUT2D eigenvalue weighted by atomic mass is 79.9. The van der Waals surface area contributed by atoms with E-state index in [1.807, 2.05) is 30.3 Å². The Morgan fingerprint density at radius 1 is 1.05 bits per heavy atom. The Morgan fingerprint density at radius 2 is 1.67 bits per heavy atom. The molecule has 0 bridgehead atoms. The van der Waals surface area contributed by atoms with Crippen LogP contribution in [0.3, 0.4) is 0 Å². The van der Waals surface area contributed by atoms with Gasteiger partial charge in [0.15, 0.2) is 0 Å². The first-order valence-corrected chi connectivity index (χ1v) is 8.72. The highest BCUT2D eigenvalue weighted by molar-refractivity contribution is 9.10. The molecule has 2 N–H and O–H groups in total. The van der Waals surface area contributed by atoms with E-state index in [1.165, 1.54) is 6.07 Å². The van der Waals surface area contributed by atoms with Gasteiger partial charge in [0.1, 0.15) is 0 Å². The Balaban J connectivity index is 2.16. The lowest BCUT2D eigenvalue weighted by Gasteiger charge is -2.17. The SMILES string of the molecule is O=S(=O)(NC(CO)Cc1ccccc1)c1ccccc1Br. The molecule has 2 rings (SSSR count). The summed E-state index contributed by atoms with van der Waals surface area (Å²) in [6.07, 6.45) is 0.432. The first kappa shape index (κ1) is 16.2. The molecule has 1 atom stereocenters. The summed E-state index contributed by atoms with van der Waals surface area (Å²) in [6, 6.07) is 15.5. The molecule has 0 radical (unpaired) electrons. The van der Waals surface area contributed by atoms with Crippen molar-refractivity contribution in [1.29, 1.82) is 0 Å². The van der Waals surface area contributed by atoms with Crippen LogP contribution in [-0.4, -0.2) is 26.2 Å². The summed E-state index contributed by atoms with van der Waals surface area (Å²) in [6.45, 7) is -0.265. The predicted octanol–water partition coefficient (Wildman–Crippen LogP) is 2.33. The Labute approximate surface area is 133 Å². The Morgan fingerprint density at radius 3 is 2.29 bits per heavy atom. The van der Waals surface area contributed by atoms with Gasteiger partial charge in [0.25, 0.3) is 0 Å². The molecule has 0 amide bonds. The van der Waals surface area contributed by atoms with Crippen molar-refractivity contribution in [1.82, 2.24) is 4.72 Å².